The molecule has 110 valence electrons. The first-order valence-corrected chi connectivity index (χ1v) is 8.56. The van der Waals surface area contributed by atoms with E-state index in [0.717, 1.165) is 5.92 Å². The van der Waals surface area contributed by atoms with Gasteiger partial charge in [0.2, 0.25) is 0 Å². The number of hydrogen-bond acceptors (Lipinski definition) is 1. The Balaban J connectivity index is 1.81. The summed E-state index contributed by atoms with van der Waals surface area (Å²) in [5.74, 6) is 0.851. The SMILES string of the molecule is CCC1(C(NC)c2ccc(C3CCC3)cc2)CCCC1. The predicted molar refractivity (Wildman–Crippen MR) is 86.0 cm³/mol. The average molecular weight is 271 g/mol. The van der Waals surface area contributed by atoms with Crippen LogP contribution in [0.4, 0.5) is 0 Å². The van der Waals surface area contributed by atoms with E-state index < -0.39 is 0 Å². The van der Waals surface area contributed by atoms with Crippen LogP contribution in [0, 0.1) is 5.41 Å². The smallest absolute Gasteiger partial charge is 0.0374 e. The molecule has 0 saturated heterocycles. The average Bonchev–Trinajstić information content (AvgIpc) is 2.89. The van der Waals surface area contributed by atoms with Crippen LogP contribution in [0.25, 0.3) is 0 Å². The standard InChI is InChI=1S/C19H29N/c1-3-19(13-4-5-14-19)18(20-2)17-11-9-16(10-12-17)15-7-6-8-15/h9-12,15,18,20H,3-8,13-14H2,1-2H3. The van der Waals surface area contributed by atoms with Crippen molar-refractivity contribution in [2.45, 2.75) is 70.3 Å². The second kappa shape index (κ2) is 5.89. The van der Waals surface area contributed by atoms with E-state index >= 15 is 0 Å². The summed E-state index contributed by atoms with van der Waals surface area (Å²) in [6.45, 7) is 2.37. The Morgan fingerprint density at radius 1 is 1.10 bits per heavy atom. The lowest BCUT2D eigenvalue weighted by Gasteiger charge is -2.37. The van der Waals surface area contributed by atoms with Crippen molar-refractivity contribution in [3.63, 3.8) is 0 Å². The van der Waals surface area contributed by atoms with Crippen molar-refractivity contribution >= 4 is 0 Å². The molecule has 0 spiro atoms. The van der Waals surface area contributed by atoms with Gasteiger partial charge in [0.15, 0.2) is 0 Å². The van der Waals surface area contributed by atoms with E-state index in [9.17, 15) is 0 Å². The molecular weight excluding hydrogens is 242 g/mol. The fourth-order valence-corrected chi connectivity index (χ4v) is 4.45. The third-order valence-electron chi connectivity index (χ3n) is 6.05. The van der Waals surface area contributed by atoms with E-state index in [1.807, 2.05) is 0 Å². The van der Waals surface area contributed by atoms with Crippen molar-refractivity contribution in [3.05, 3.63) is 35.4 Å². The van der Waals surface area contributed by atoms with Crippen LogP contribution in [0.1, 0.15) is 81.4 Å². The monoisotopic (exact) mass is 271 g/mol. The Kier molecular flexibility index (Phi) is 4.16. The first-order chi connectivity index (χ1) is 9.79. The lowest BCUT2D eigenvalue weighted by molar-refractivity contribution is 0.195. The third kappa shape index (κ3) is 2.41. The van der Waals surface area contributed by atoms with E-state index in [1.54, 1.807) is 5.56 Å². The molecule has 0 heterocycles. The molecule has 1 N–H and O–H groups in total. The molecule has 3 rings (SSSR count). The van der Waals surface area contributed by atoms with E-state index in [0.29, 0.717) is 11.5 Å². The lowest BCUT2D eigenvalue weighted by atomic mass is 9.73. The van der Waals surface area contributed by atoms with Gasteiger partial charge in [0.1, 0.15) is 0 Å². The summed E-state index contributed by atoms with van der Waals surface area (Å²) in [7, 11) is 2.14. The van der Waals surface area contributed by atoms with Crippen molar-refractivity contribution in [3.8, 4) is 0 Å². The van der Waals surface area contributed by atoms with Gasteiger partial charge in [0.05, 0.1) is 0 Å². The van der Waals surface area contributed by atoms with Gasteiger partial charge in [0.25, 0.3) is 0 Å². The molecular formula is C19H29N. The van der Waals surface area contributed by atoms with Crippen LogP contribution < -0.4 is 5.32 Å². The largest absolute Gasteiger partial charge is 0.313 e. The molecule has 2 aliphatic rings. The third-order valence-corrected chi connectivity index (χ3v) is 6.05. The van der Waals surface area contributed by atoms with Crippen LogP contribution in [0.15, 0.2) is 24.3 Å². The Hall–Kier alpha value is -0.820. The number of rotatable bonds is 5. The summed E-state index contributed by atoms with van der Waals surface area (Å²) >= 11 is 0. The van der Waals surface area contributed by atoms with Gasteiger partial charge < -0.3 is 5.32 Å². The zero-order valence-electron chi connectivity index (χ0n) is 13.1. The fraction of sp³-hybridized carbons (Fsp3) is 0.684. The summed E-state index contributed by atoms with van der Waals surface area (Å²) in [5.41, 5.74) is 3.55. The van der Waals surface area contributed by atoms with Gasteiger partial charge in [-0.25, -0.2) is 0 Å². The Morgan fingerprint density at radius 2 is 1.75 bits per heavy atom. The highest BCUT2D eigenvalue weighted by atomic mass is 14.9. The van der Waals surface area contributed by atoms with E-state index in [2.05, 4.69) is 43.6 Å². The Morgan fingerprint density at radius 3 is 2.20 bits per heavy atom. The highest BCUT2D eigenvalue weighted by molar-refractivity contribution is 5.30. The van der Waals surface area contributed by atoms with E-state index in [-0.39, 0.29) is 0 Å². The number of nitrogens with one attached hydrogen (secondary N) is 1. The molecule has 1 atom stereocenters. The van der Waals surface area contributed by atoms with Crippen LogP contribution in [-0.4, -0.2) is 7.05 Å². The second-order valence-electron chi connectivity index (χ2n) is 6.94. The predicted octanol–water partition coefficient (Wildman–Crippen LogP) is 5.19. The summed E-state index contributed by atoms with van der Waals surface area (Å²) in [5, 5.41) is 3.63. The van der Waals surface area contributed by atoms with Crippen LogP contribution in [0.5, 0.6) is 0 Å². The maximum absolute atomic E-state index is 3.63. The molecule has 2 fully saturated rings. The molecule has 1 nitrogen and oxygen atoms in total. The molecule has 0 aliphatic heterocycles. The number of benzene rings is 1. The first kappa shape index (κ1) is 14.1. The van der Waals surface area contributed by atoms with Crippen LogP contribution in [0.3, 0.4) is 0 Å². The first-order valence-electron chi connectivity index (χ1n) is 8.56. The summed E-state index contributed by atoms with van der Waals surface area (Å²) in [6.07, 6.45) is 11.1. The molecule has 0 bridgehead atoms. The van der Waals surface area contributed by atoms with E-state index in [1.165, 1.54) is 56.9 Å². The van der Waals surface area contributed by atoms with Gasteiger partial charge in [-0.05, 0) is 61.6 Å². The molecule has 1 aromatic rings. The molecule has 2 saturated carbocycles. The second-order valence-corrected chi connectivity index (χ2v) is 6.94. The van der Waals surface area contributed by atoms with Crippen molar-refractivity contribution in [2.75, 3.05) is 7.05 Å². The summed E-state index contributed by atoms with van der Waals surface area (Å²) in [4.78, 5) is 0. The van der Waals surface area contributed by atoms with Gasteiger partial charge in [-0.15, -0.1) is 0 Å². The van der Waals surface area contributed by atoms with Crippen LogP contribution >= 0.6 is 0 Å². The van der Waals surface area contributed by atoms with Gasteiger partial charge in [0, 0.05) is 6.04 Å². The van der Waals surface area contributed by atoms with Gasteiger partial charge >= 0.3 is 0 Å². The quantitative estimate of drug-likeness (QED) is 0.777. The highest BCUT2D eigenvalue weighted by Crippen LogP contribution is 2.50. The zero-order valence-corrected chi connectivity index (χ0v) is 13.1. The Bertz CT molecular complexity index is 424. The summed E-state index contributed by atoms with van der Waals surface area (Å²) in [6, 6.07) is 10.1. The van der Waals surface area contributed by atoms with Crippen molar-refractivity contribution in [2.24, 2.45) is 5.41 Å². The van der Waals surface area contributed by atoms with Crippen LogP contribution in [-0.2, 0) is 0 Å². The molecule has 0 amide bonds. The van der Waals surface area contributed by atoms with Gasteiger partial charge in [-0.1, -0.05) is 50.5 Å². The molecule has 0 aromatic heterocycles. The topological polar surface area (TPSA) is 12.0 Å². The minimum Gasteiger partial charge on any atom is -0.313 e. The summed E-state index contributed by atoms with van der Waals surface area (Å²) < 4.78 is 0. The lowest BCUT2D eigenvalue weighted by Crippen LogP contribution is -2.34. The fourth-order valence-electron chi connectivity index (χ4n) is 4.45. The van der Waals surface area contributed by atoms with Crippen LogP contribution in [0.2, 0.25) is 0 Å². The minimum atomic E-state index is 0.493. The normalized spacial score (nSPS) is 23.5. The maximum atomic E-state index is 3.63. The maximum Gasteiger partial charge on any atom is 0.0374 e. The molecule has 1 heteroatoms. The van der Waals surface area contributed by atoms with Gasteiger partial charge in [-0.3, -0.25) is 0 Å². The van der Waals surface area contributed by atoms with Crippen molar-refractivity contribution < 1.29 is 0 Å². The van der Waals surface area contributed by atoms with Crippen molar-refractivity contribution in [1.82, 2.24) is 5.32 Å². The molecule has 1 unspecified atom stereocenters. The van der Waals surface area contributed by atoms with Gasteiger partial charge in [-0.2, -0.15) is 0 Å². The Labute approximate surface area is 124 Å². The molecule has 2 aliphatic carbocycles. The molecule has 20 heavy (non-hydrogen) atoms. The van der Waals surface area contributed by atoms with Crippen molar-refractivity contribution in [1.29, 1.82) is 0 Å². The number of hydrogen-bond donors (Lipinski definition) is 1. The minimum absolute atomic E-state index is 0.493. The highest BCUT2D eigenvalue weighted by Gasteiger charge is 2.39. The molecule has 1 aromatic carbocycles. The zero-order chi connectivity index (χ0) is 14.0. The molecule has 0 radical (unpaired) electrons. The van der Waals surface area contributed by atoms with E-state index in [4.69, 9.17) is 0 Å².